The third-order valence-electron chi connectivity index (χ3n) is 3.31. The van der Waals surface area contributed by atoms with Gasteiger partial charge in [0.2, 0.25) is 16.2 Å². The first-order valence-electron chi connectivity index (χ1n) is 8.01. The van der Waals surface area contributed by atoms with E-state index in [0.717, 1.165) is 39.9 Å². The number of nitrogen functional groups attached to an aromatic ring is 1. The smallest absolute Gasteiger partial charge is 0.230 e. The Morgan fingerprint density at radius 1 is 1.08 bits per heavy atom. The van der Waals surface area contributed by atoms with Gasteiger partial charge in [0.25, 0.3) is 0 Å². The maximum atomic E-state index is 12.0. The van der Waals surface area contributed by atoms with Crippen LogP contribution in [0.1, 0.15) is 22.0 Å². The lowest BCUT2D eigenvalue weighted by molar-refractivity contribution is -0.115. The molecule has 10 heteroatoms. The van der Waals surface area contributed by atoms with E-state index >= 15 is 0 Å². The van der Waals surface area contributed by atoms with Crippen LogP contribution in [0.2, 0.25) is 0 Å². The standard InChI is InChI=1S/C16H18N6OS3/c17-15-21-19-13(25-15)7-4-8-24-10-14-20-22-16(26-14)18-12(23)9-11-5-2-1-3-6-11/h1-3,5-6H,4,7-10H2,(H2,17,21)(H,18,22,23). The fourth-order valence-electron chi connectivity index (χ4n) is 2.16. The molecule has 136 valence electrons. The largest absolute Gasteiger partial charge is 0.374 e. The van der Waals surface area contributed by atoms with Crippen LogP contribution in [-0.2, 0) is 23.4 Å². The lowest BCUT2D eigenvalue weighted by Gasteiger charge is -2.00. The molecule has 0 radical (unpaired) electrons. The van der Waals surface area contributed by atoms with Gasteiger partial charge in [-0.25, -0.2) is 0 Å². The van der Waals surface area contributed by atoms with E-state index in [4.69, 9.17) is 5.73 Å². The molecule has 3 rings (SSSR count). The van der Waals surface area contributed by atoms with Crippen LogP contribution < -0.4 is 11.1 Å². The van der Waals surface area contributed by atoms with E-state index in [1.54, 1.807) is 11.8 Å². The third-order valence-corrected chi connectivity index (χ3v) is 6.20. The molecular formula is C16H18N6OS3. The first-order chi connectivity index (χ1) is 12.7. The molecule has 0 atom stereocenters. The molecule has 2 heterocycles. The normalized spacial score (nSPS) is 10.8. The van der Waals surface area contributed by atoms with E-state index in [0.29, 0.717) is 16.7 Å². The molecule has 0 aliphatic carbocycles. The van der Waals surface area contributed by atoms with Gasteiger partial charge in [0, 0.05) is 12.2 Å². The van der Waals surface area contributed by atoms with Gasteiger partial charge in [-0.3, -0.25) is 4.79 Å². The molecule has 1 aromatic carbocycles. The van der Waals surface area contributed by atoms with Crippen molar-refractivity contribution in [1.29, 1.82) is 0 Å². The number of nitrogens with one attached hydrogen (secondary N) is 1. The highest BCUT2D eigenvalue weighted by atomic mass is 32.2. The molecule has 2 aromatic heterocycles. The van der Waals surface area contributed by atoms with Crippen molar-refractivity contribution < 1.29 is 4.79 Å². The summed E-state index contributed by atoms with van der Waals surface area (Å²) in [5.41, 5.74) is 6.54. The number of benzene rings is 1. The van der Waals surface area contributed by atoms with Crippen LogP contribution in [0.25, 0.3) is 0 Å². The van der Waals surface area contributed by atoms with Crippen molar-refractivity contribution in [3.63, 3.8) is 0 Å². The van der Waals surface area contributed by atoms with E-state index in [9.17, 15) is 4.79 Å². The lowest BCUT2D eigenvalue weighted by Crippen LogP contribution is -2.14. The predicted octanol–water partition coefficient (Wildman–Crippen LogP) is 3.02. The Balaban J connectivity index is 1.35. The van der Waals surface area contributed by atoms with Crippen LogP contribution in [0.15, 0.2) is 30.3 Å². The van der Waals surface area contributed by atoms with Crippen LogP contribution in [-0.4, -0.2) is 32.1 Å². The van der Waals surface area contributed by atoms with Gasteiger partial charge < -0.3 is 11.1 Å². The molecule has 26 heavy (non-hydrogen) atoms. The minimum absolute atomic E-state index is 0.0807. The van der Waals surface area contributed by atoms with Gasteiger partial charge in [-0.1, -0.05) is 53.0 Å². The lowest BCUT2D eigenvalue weighted by atomic mass is 10.1. The molecule has 3 N–H and O–H groups in total. The summed E-state index contributed by atoms with van der Waals surface area (Å²) in [7, 11) is 0. The number of carbonyl (C=O) groups excluding carboxylic acids is 1. The molecule has 1 amide bonds. The van der Waals surface area contributed by atoms with Gasteiger partial charge in [0.05, 0.1) is 6.42 Å². The van der Waals surface area contributed by atoms with Gasteiger partial charge in [-0.05, 0) is 17.7 Å². The van der Waals surface area contributed by atoms with Crippen LogP contribution in [0.5, 0.6) is 0 Å². The quantitative estimate of drug-likeness (QED) is 0.526. The van der Waals surface area contributed by atoms with Gasteiger partial charge in [0.1, 0.15) is 10.0 Å². The van der Waals surface area contributed by atoms with Crippen molar-refractivity contribution in [1.82, 2.24) is 20.4 Å². The van der Waals surface area contributed by atoms with E-state index in [1.807, 2.05) is 30.3 Å². The summed E-state index contributed by atoms with van der Waals surface area (Å²) in [4.78, 5) is 12.0. The van der Waals surface area contributed by atoms with Gasteiger partial charge >= 0.3 is 0 Å². The third kappa shape index (κ3) is 6.04. The maximum Gasteiger partial charge on any atom is 0.230 e. The van der Waals surface area contributed by atoms with Crippen molar-refractivity contribution >= 4 is 50.6 Å². The zero-order valence-electron chi connectivity index (χ0n) is 13.9. The summed E-state index contributed by atoms with van der Waals surface area (Å²) in [6.45, 7) is 0. The number of carbonyl (C=O) groups is 1. The molecule has 0 spiro atoms. The van der Waals surface area contributed by atoms with Crippen molar-refractivity contribution in [3.05, 3.63) is 45.9 Å². The minimum atomic E-state index is -0.0807. The van der Waals surface area contributed by atoms with E-state index in [-0.39, 0.29) is 5.91 Å². The zero-order chi connectivity index (χ0) is 18.2. The second-order valence-corrected chi connectivity index (χ2v) is 8.66. The van der Waals surface area contributed by atoms with Crippen molar-refractivity contribution in [2.45, 2.75) is 25.0 Å². The predicted molar refractivity (Wildman–Crippen MR) is 107 cm³/mol. The number of amides is 1. The fraction of sp³-hybridized carbons (Fsp3) is 0.312. The number of nitrogens with zero attached hydrogens (tertiary/aromatic N) is 4. The minimum Gasteiger partial charge on any atom is -0.374 e. The first-order valence-corrected chi connectivity index (χ1v) is 10.8. The van der Waals surface area contributed by atoms with Crippen LogP contribution >= 0.6 is 34.4 Å². The summed E-state index contributed by atoms with van der Waals surface area (Å²) in [5, 5.41) is 21.7. The summed E-state index contributed by atoms with van der Waals surface area (Å²) in [6.07, 6.45) is 2.23. The molecular weight excluding hydrogens is 388 g/mol. The number of nitrogens with two attached hydrogens (primary N) is 1. The number of anilines is 2. The van der Waals surface area contributed by atoms with Crippen LogP contribution in [0.3, 0.4) is 0 Å². The monoisotopic (exact) mass is 406 g/mol. The maximum absolute atomic E-state index is 12.0. The van der Waals surface area contributed by atoms with E-state index in [2.05, 4.69) is 25.7 Å². The zero-order valence-corrected chi connectivity index (χ0v) is 16.4. The molecule has 0 fully saturated rings. The molecule has 0 bridgehead atoms. The molecule has 0 aliphatic heterocycles. The average molecular weight is 407 g/mol. The number of aromatic nitrogens is 4. The van der Waals surface area contributed by atoms with E-state index in [1.165, 1.54) is 22.7 Å². The molecule has 0 saturated carbocycles. The van der Waals surface area contributed by atoms with Crippen LogP contribution in [0, 0.1) is 0 Å². The molecule has 3 aromatic rings. The van der Waals surface area contributed by atoms with E-state index < -0.39 is 0 Å². The highest BCUT2D eigenvalue weighted by Gasteiger charge is 2.09. The van der Waals surface area contributed by atoms with Gasteiger partial charge in [-0.15, -0.1) is 20.4 Å². The van der Waals surface area contributed by atoms with Crippen molar-refractivity contribution in [3.8, 4) is 0 Å². The second kappa shape index (κ2) is 9.60. The first kappa shape index (κ1) is 18.7. The Morgan fingerprint density at radius 2 is 1.88 bits per heavy atom. The van der Waals surface area contributed by atoms with Gasteiger partial charge in [-0.2, -0.15) is 11.8 Å². The highest BCUT2D eigenvalue weighted by molar-refractivity contribution is 7.98. The number of thioether (sulfide) groups is 1. The summed E-state index contributed by atoms with van der Waals surface area (Å²) < 4.78 is 0. The summed E-state index contributed by atoms with van der Waals surface area (Å²) in [5.74, 6) is 1.70. The Bertz CT molecular complexity index is 835. The summed E-state index contributed by atoms with van der Waals surface area (Å²) in [6, 6.07) is 9.63. The second-order valence-electron chi connectivity index (χ2n) is 5.40. The number of aryl methyl sites for hydroxylation is 1. The molecule has 7 nitrogen and oxygen atoms in total. The Kier molecular flexibility index (Phi) is 6.92. The van der Waals surface area contributed by atoms with Crippen molar-refractivity contribution in [2.24, 2.45) is 0 Å². The summed E-state index contributed by atoms with van der Waals surface area (Å²) >= 11 is 4.64. The number of hydrogen-bond acceptors (Lipinski definition) is 9. The molecule has 0 unspecified atom stereocenters. The number of rotatable bonds is 9. The van der Waals surface area contributed by atoms with Crippen molar-refractivity contribution in [2.75, 3.05) is 16.8 Å². The Labute approximate surface area is 163 Å². The molecule has 0 saturated heterocycles. The highest BCUT2D eigenvalue weighted by Crippen LogP contribution is 2.21. The van der Waals surface area contributed by atoms with Gasteiger partial charge in [0.15, 0.2) is 0 Å². The Morgan fingerprint density at radius 3 is 2.65 bits per heavy atom. The Hall–Kier alpha value is -2.04. The average Bonchev–Trinajstić information content (AvgIpc) is 3.24. The topological polar surface area (TPSA) is 107 Å². The number of hydrogen-bond donors (Lipinski definition) is 2. The fourth-order valence-corrected chi connectivity index (χ4v) is 4.57. The van der Waals surface area contributed by atoms with Crippen LogP contribution in [0.4, 0.5) is 10.3 Å². The SMILES string of the molecule is Nc1nnc(CCCSCc2nnc(NC(=O)Cc3ccccc3)s2)s1. The molecule has 0 aliphatic rings.